The normalized spacial score (nSPS) is 10.2. The Morgan fingerprint density at radius 2 is 1.72 bits per heavy atom. The van der Waals surface area contributed by atoms with Crippen molar-refractivity contribution >= 4 is 12.2 Å². The largest absolute Gasteiger partial charge is 0.319 e. The first-order chi connectivity index (χ1) is 8.77. The number of aromatic nitrogens is 2. The second kappa shape index (κ2) is 5.65. The molecule has 0 aliphatic rings. The summed E-state index contributed by atoms with van der Waals surface area (Å²) in [6, 6.07) is 10.2. The van der Waals surface area contributed by atoms with Crippen molar-refractivity contribution in [2.24, 2.45) is 0 Å². The van der Waals surface area contributed by atoms with Crippen LogP contribution in [0.4, 0.5) is 0 Å². The topological polar surface area (TPSA) is 9.86 Å². The quantitative estimate of drug-likeness (QED) is 0.579. The van der Waals surface area contributed by atoms with E-state index in [9.17, 15) is 0 Å². The van der Waals surface area contributed by atoms with Crippen LogP contribution in [0.3, 0.4) is 0 Å². The molecule has 2 rings (SSSR count). The molecule has 0 aliphatic heterocycles. The molecule has 0 radical (unpaired) electrons. The molecule has 0 aliphatic carbocycles. The molecule has 0 N–H and O–H groups in total. The molecule has 0 saturated carbocycles. The summed E-state index contributed by atoms with van der Waals surface area (Å²) in [7, 11) is 0. The van der Waals surface area contributed by atoms with Crippen molar-refractivity contribution in [2.75, 3.05) is 0 Å². The zero-order valence-corrected chi connectivity index (χ0v) is 11.1. The smallest absolute Gasteiger partial charge is 0.180 e. The van der Waals surface area contributed by atoms with Gasteiger partial charge in [0.2, 0.25) is 0 Å². The molecule has 18 heavy (non-hydrogen) atoms. The zero-order valence-electron chi connectivity index (χ0n) is 10.2. The van der Waals surface area contributed by atoms with E-state index in [1.165, 1.54) is 0 Å². The zero-order chi connectivity index (χ0) is 13.0. The third kappa shape index (κ3) is 2.36. The summed E-state index contributed by atoms with van der Waals surface area (Å²) in [4.78, 5) is 0. The maximum Gasteiger partial charge on any atom is 0.180 e. The number of benzene rings is 1. The first-order valence-electron chi connectivity index (χ1n) is 5.85. The lowest BCUT2D eigenvalue weighted by molar-refractivity contribution is 0.735. The van der Waals surface area contributed by atoms with Gasteiger partial charge < -0.3 is 9.13 Å². The predicted octanol–water partition coefficient (Wildman–Crippen LogP) is 4.06. The summed E-state index contributed by atoms with van der Waals surface area (Å²) in [5, 5.41) is 0. The maximum atomic E-state index is 5.47. The third-order valence-corrected chi connectivity index (χ3v) is 3.21. The van der Waals surface area contributed by atoms with E-state index in [2.05, 4.69) is 36.1 Å². The minimum atomic E-state index is 0.715. The van der Waals surface area contributed by atoms with Crippen molar-refractivity contribution in [2.45, 2.75) is 13.1 Å². The van der Waals surface area contributed by atoms with Crippen LogP contribution < -0.4 is 0 Å². The molecule has 2 nitrogen and oxygen atoms in total. The third-order valence-electron chi connectivity index (χ3n) is 2.75. The molecule has 0 spiro atoms. The van der Waals surface area contributed by atoms with Gasteiger partial charge in [-0.3, -0.25) is 0 Å². The van der Waals surface area contributed by atoms with Crippen LogP contribution >= 0.6 is 12.2 Å². The maximum absolute atomic E-state index is 5.47. The molecule has 0 atom stereocenters. The molecule has 0 amide bonds. The molecule has 1 aromatic heterocycles. The van der Waals surface area contributed by atoms with E-state index in [4.69, 9.17) is 12.2 Å². The lowest BCUT2D eigenvalue weighted by Gasteiger charge is -2.05. The molecular formula is C15H16N2S. The van der Waals surface area contributed by atoms with Gasteiger partial charge in [-0.1, -0.05) is 42.5 Å². The summed E-state index contributed by atoms with van der Waals surface area (Å²) in [5.41, 5.74) is 2.27. The van der Waals surface area contributed by atoms with Gasteiger partial charge in [-0.15, -0.1) is 13.2 Å². The Labute approximate surface area is 113 Å². The summed E-state index contributed by atoms with van der Waals surface area (Å²) in [5.74, 6) is 0. The van der Waals surface area contributed by atoms with Gasteiger partial charge in [0.05, 0.1) is 5.69 Å². The Bertz CT molecular complexity index is 605. The van der Waals surface area contributed by atoms with Crippen LogP contribution in [-0.2, 0) is 13.1 Å². The van der Waals surface area contributed by atoms with Gasteiger partial charge in [0.1, 0.15) is 0 Å². The number of rotatable bonds is 5. The van der Waals surface area contributed by atoms with E-state index in [0.29, 0.717) is 6.54 Å². The van der Waals surface area contributed by atoms with Crippen molar-refractivity contribution < 1.29 is 0 Å². The van der Waals surface area contributed by atoms with E-state index in [-0.39, 0.29) is 0 Å². The molecule has 0 bridgehead atoms. The van der Waals surface area contributed by atoms with Gasteiger partial charge in [0, 0.05) is 19.3 Å². The fourth-order valence-electron chi connectivity index (χ4n) is 1.95. The number of imidazole rings is 1. The van der Waals surface area contributed by atoms with Gasteiger partial charge in [-0.25, -0.2) is 0 Å². The lowest BCUT2D eigenvalue weighted by atomic mass is 10.2. The van der Waals surface area contributed by atoms with Crippen molar-refractivity contribution in [3.05, 3.63) is 66.6 Å². The molecular weight excluding hydrogens is 240 g/mol. The molecule has 1 heterocycles. The van der Waals surface area contributed by atoms with Gasteiger partial charge in [0.15, 0.2) is 4.77 Å². The van der Waals surface area contributed by atoms with E-state index < -0.39 is 0 Å². The highest BCUT2D eigenvalue weighted by atomic mass is 32.1. The average molecular weight is 256 g/mol. The summed E-state index contributed by atoms with van der Waals surface area (Å²) in [6.45, 7) is 8.99. The number of hydrogen-bond acceptors (Lipinski definition) is 1. The minimum absolute atomic E-state index is 0.715. The molecule has 0 unspecified atom stereocenters. The summed E-state index contributed by atoms with van der Waals surface area (Å²) < 4.78 is 4.91. The number of nitrogens with zero attached hydrogens (tertiary/aromatic N) is 2. The van der Waals surface area contributed by atoms with E-state index in [0.717, 1.165) is 22.6 Å². The monoisotopic (exact) mass is 256 g/mol. The highest BCUT2D eigenvalue weighted by Gasteiger charge is 2.08. The first-order valence-corrected chi connectivity index (χ1v) is 6.26. The van der Waals surface area contributed by atoms with Crippen LogP contribution in [0.2, 0.25) is 0 Å². The minimum Gasteiger partial charge on any atom is -0.319 e. The lowest BCUT2D eigenvalue weighted by Crippen LogP contribution is -2.00. The number of hydrogen-bond donors (Lipinski definition) is 0. The van der Waals surface area contributed by atoms with Crippen molar-refractivity contribution in [1.82, 2.24) is 9.13 Å². The second-order valence-electron chi connectivity index (χ2n) is 4.00. The Hall–Kier alpha value is -1.87. The van der Waals surface area contributed by atoms with Crippen LogP contribution in [0, 0.1) is 4.77 Å². The van der Waals surface area contributed by atoms with Crippen LogP contribution in [0.25, 0.3) is 11.3 Å². The molecule has 1 aromatic carbocycles. The van der Waals surface area contributed by atoms with E-state index in [1.807, 2.05) is 34.9 Å². The predicted molar refractivity (Wildman–Crippen MR) is 79.1 cm³/mol. The van der Waals surface area contributed by atoms with Crippen LogP contribution in [-0.4, -0.2) is 9.13 Å². The molecule has 2 aromatic rings. The number of allylic oxidation sites excluding steroid dienone is 2. The molecule has 0 fully saturated rings. The molecule has 3 heteroatoms. The Balaban J connectivity index is 2.58. The van der Waals surface area contributed by atoms with Gasteiger partial charge >= 0.3 is 0 Å². The highest BCUT2D eigenvalue weighted by Crippen LogP contribution is 2.21. The Morgan fingerprint density at radius 3 is 2.33 bits per heavy atom. The summed E-state index contributed by atoms with van der Waals surface area (Å²) in [6.07, 6.45) is 5.78. The second-order valence-corrected chi connectivity index (χ2v) is 4.37. The highest BCUT2D eigenvalue weighted by molar-refractivity contribution is 7.71. The van der Waals surface area contributed by atoms with Gasteiger partial charge in [0.25, 0.3) is 0 Å². The van der Waals surface area contributed by atoms with Crippen LogP contribution in [0.5, 0.6) is 0 Å². The fraction of sp³-hybridized carbons (Fsp3) is 0.133. The average Bonchev–Trinajstić information content (AvgIpc) is 2.70. The van der Waals surface area contributed by atoms with Gasteiger partial charge in [-0.05, 0) is 17.8 Å². The summed E-state index contributed by atoms with van der Waals surface area (Å²) >= 11 is 5.47. The van der Waals surface area contributed by atoms with Gasteiger partial charge in [-0.2, -0.15) is 0 Å². The molecule has 0 saturated heterocycles. The van der Waals surface area contributed by atoms with Crippen LogP contribution in [0.15, 0.2) is 61.8 Å². The van der Waals surface area contributed by atoms with Crippen molar-refractivity contribution in [1.29, 1.82) is 0 Å². The fourth-order valence-corrected chi connectivity index (χ4v) is 2.25. The Morgan fingerprint density at radius 1 is 1.06 bits per heavy atom. The first kappa shape index (κ1) is 12.6. The standard InChI is InChI=1S/C15H16N2S/c1-3-10-16-12-14(13-8-6-5-7-9-13)17(11-4-2)15(16)18/h3-9,12H,1-2,10-11H2. The van der Waals surface area contributed by atoms with E-state index >= 15 is 0 Å². The SMILES string of the molecule is C=CCn1cc(-c2ccccc2)n(CC=C)c1=S. The van der Waals surface area contributed by atoms with Crippen LogP contribution in [0.1, 0.15) is 0 Å². The molecule has 92 valence electrons. The van der Waals surface area contributed by atoms with Crippen molar-refractivity contribution in [3.8, 4) is 11.3 Å². The van der Waals surface area contributed by atoms with Crippen molar-refractivity contribution in [3.63, 3.8) is 0 Å². The van der Waals surface area contributed by atoms with E-state index in [1.54, 1.807) is 0 Å². The Kier molecular flexibility index (Phi) is 3.95.